The van der Waals surface area contributed by atoms with Gasteiger partial charge in [0.1, 0.15) is 5.82 Å². The van der Waals surface area contributed by atoms with Crippen molar-refractivity contribution in [3.63, 3.8) is 0 Å². The predicted molar refractivity (Wildman–Crippen MR) is 82.1 cm³/mol. The average molecular weight is 318 g/mol. The molecule has 1 aliphatic rings. The zero-order valence-electron chi connectivity index (χ0n) is 13.1. The van der Waals surface area contributed by atoms with Gasteiger partial charge in [0.25, 0.3) is 0 Å². The molecule has 23 heavy (non-hydrogen) atoms. The molecule has 0 radical (unpaired) electrons. The lowest BCUT2D eigenvalue weighted by molar-refractivity contribution is -0.125. The zero-order chi connectivity index (χ0) is 16.7. The SMILES string of the molecule is CC(C)(CO)NC(=O)C1(c2cc(-c3ccccc3F)on2)CC1. The number of hydrogen-bond acceptors (Lipinski definition) is 4. The van der Waals surface area contributed by atoms with Crippen LogP contribution in [0.1, 0.15) is 32.4 Å². The second kappa shape index (κ2) is 5.45. The minimum Gasteiger partial charge on any atom is -0.394 e. The number of aliphatic hydroxyl groups is 1. The van der Waals surface area contributed by atoms with Gasteiger partial charge in [-0.2, -0.15) is 0 Å². The molecule has 0 unspecified atom stereocenters. The van der Waals surface area contributed by atoms with Crippen molar-refractivity contribution in [2.75, 3.05) is 6.61 Å². The number of nitrogens with one attached hydrogen (secondary N) is 1. The van der Waals surface area contributed by atoms with E-state index in [0.717, 1.165) is 0 Å². The van der Waals surface area contributed by atoms with Crippen LogP contribution in [0.2, 0.25) is 0 Å². The molecular weight excluding hydrogens is 299 g/mol. The molecule has 1 aromatic heterocycles. The highest BCUT2D eigenvalue weighted by atomic mass is 19.1. The maximum atomic E-state index is 13.8. The minimum absolute atomic E-state index is 0.159. The molecule has 0 spiro atoms. The number of halogens is 1. The molecule has 0 aliphatic heterocycles. The van der Waals surface area contributed by atoms with E-state index in [1.165, 1.54) is 6.07 Å². The maximum Gasteiger partial charge on any atom is 0.232 e. The van der Waals surface area contributed by atoms with E-state index < -0.39 is 16.8 Å². The van der Waals surface area contributed by atoms with Crippen LogP contribution in [-0.4, -0.2) is 28.3 Å². The van der Waals surface area contributed by atoms with Crippen molar-refractivity contribution in [3.05, 3.63) is 41.8 Å². The van der Waals surface area contributed by atoms with Crippen LogP contribution in [0, 0.1) is 5.82 Å². The van der Waals surface area contributed by atoms with Gasteiger partial charge in [0.05, 0.1) is 28.8 Å². The summed E-state index contributed by atoms with van der Waals surface area (Å²) in [4.78, 5) is 12.5. The number of carbonyl (C=O) groups excluding carboxylic acids is 1. The molecular formula is C17H19FN2O3. The number of aliphatic hydroxyl groups excluding tert-OH is 1. The summed E-state index contributed by atoms with van der Waals surface area (Å²) in [5.74, 6) is -0.283. The normalized spacial score (nSPS) is 16.2. The van der Waals surface area contributed by atoms with Crippen LogP contribution in [-0.2, 0) is 10.2 Å². The summed E-state index contributed by atoms with van der Waals surface area (Å²) in [6.07, 6.45) is 1.31. The Kier molecular flexibility index (Phi) is 3.72. The molecule has 0 saturated heterocycles. The number of nitrogens with zero attached hydrogens (tertiary/aromatic N) is 1. The van der Waals surface area contributed by atoms with Crippen molar-refractivity contribution >= 4 is 5.91 Å². The third kappa shape index (κ3) is 2.86. The molecule has 5 nitrogen and oxygen atoms in total. The number of rotatable bonds is 5. The van der Waals surface area contributed by atoms with Crippen molar-refractivity contribution in [3.8, 4) is 11.3 Å². The minimum atomic E-state index is -0.737. The van der Waals surface area contributed by atoms with Crippen LogP contribution < -0.4 is 5.32 Å². The third-order valence-electron chi connectivity index (χ3n) is 4.17. The summed E-state index contributed by atoms with van der Waals surface area (Å²) in [5, 5.41) is 16.1. The summed E-state index contributed by atoms with van der Waals surface area (Å²) >= 11 is 0. The fraction of sp³-hybridized carbons (Fsp3) is 0.412. The molecule has 1 amide bonds. The van der Waals surface area contributed by atoms with Gasteiger partial charge in [-0.1, -0.05) is 17.3 Å². The van der Waals surface area contributed by atoms with Crippen LogP contribution >= 0.6 is 0 Å². The molecule has 1 aromatic carbocycles. The molecule has 6 heteroatoms. The van der Waals surface area contributed by atoms with E-state index in [0.29, 0.717) is 29.9 Å². The van der Waals surface area contributed by atoms with Gasteiger partial charge in [-0.3, -0.25) is 4.79 Å². The topological polar surface area (TPSA) is 75.4 Å². The lowest BCUT2D eigenvalue weighted by Crippen LogP contribution is -2.50. The highest BCUT2D eigenvalue weighted by Crippen LogP contribution is 2.49. The monoisotopic (exact) mass is 318 g/mol. The molecule has 2 N–H and O–H groups in total. The molecule has 0 bridgehead atoms. The second-order valence-electron chi connectivity index (χ2n) is 6.63. The number of benzene rings is 1. The first-order valence-electron chi connectivity index (χ1n) is 7.53. The summed E-state index contributed by atoms with van der Waals surface area (Å²) < 4.78 is 19.1. The van der Waals surface area contributed by atoms with Gasteiger partial charge in [0.2, 0.25) is 5.91 Å². The molecule has 2 aromatic rings. The Balaban J connectivity index is 1.86. The summed E-state index contributed by atoms with van der Waals surface area (Å²) in [6.45, 7) is 3.33. The van der Waals surface area contributed by atoms with E-state index in [1.807, 2.05) is 0 Å². The Labute approximate surface area is 133 Å². The largest absolute Gasteiger partial charge is 0.394 e. The highest BCUT2D eigenvalue weighted by molar-refractivity contribution is 5.91. The van der Waals surface area contributed by atoms with Gasteiger partial charge in [0.15, 0.2) is 5.76 Å². The predicted octanol–water partition coefficient (Wildman–Crippen LogP) is 2.40. The molecule has 122 valence electrons. The Morgan fingerprint density at radius 1 is 1.43 bits per heavy atom. The lowest BCUT2D eigenvalue weighted by atomic mass is 9.97. The van der Waals surface area contributed by atoms with Gasteiger partial charge in [0, 0.05) is 6.07 Å². The van der Waals surface area contributed by atoms with Crippen LogP contribution in [0.3, 0.4) is 0 Å². The highest BCUT2D eigenvalue weighted by Gasteiger charge is 2.54. The van der Waals surface area contributed by atoms with Crippen molar-refractivity contribution in [2.24, 2.45) is 0 Å². The third-order valence-corrected chi connectivity index (χ3v) is 4.17. The number of amides is 1. The quantitative estimate of drug-likeness (QED) is 0.887. The smallest absolute Gasteiger partial charge is 0.232 e. The van der Waals surface area contributed by atoms with Crippen LogP contribution in [0.15, 0.2) is 34.9 Å². The molecule has 1 saturated carbocycles. The first kappa shape index (κ1) is 15.7. The van der Waals surface area contributed by atoms with Gasteiger partial charge in [-0.15, -0.1) is 0 Å². The van der Waals surface area contributed by atoms with Crippen molar-refractivity contribution in [1.29, 1.82) is 0 Å². The van der Waals surface area contributed by atoms with Crippen molar-refractivity contribution in [2.45, 2.75) is 37.6 Å². The van der Waals surface area contributed by atoms with Crippen LogP contribution in [0.4, 0.5) is 4.39 Å². The molecule has 1 fully saturated rings. The van der Waals surface area contributed by atoms with Crippen LogP contribution in [0.5, 0.6) is 0 Å². The Morgan fingerprint density at radius 3 is 2.74 bits per heavy atom. The van der Waals surface area contributed by atoms with E-state index >= 15 is 0 Å². The van der Waals surface area contributed by atoms with E-state index in [9.17, 15) is 14.3 Å². The molecule has 1 aliphatic carbocycles. The second-order valence-corrected chi connectivity index (χ2v) is 6.63. The summed E-state index contributed by atoms with van der Waals surface area (Å²) in [7, 11) is 0. The Bertz CT molecular complexity index is 735. The van der Waals surface area contributed by atoms with E-state index in [-0.39, 0.29) is 12.5 Å². The zero-order valence-corrected chi connectivity index (χ0v) is 13.1. The molecule has 3 rings (SSSR count). The van der Waals surface area contributed by atoms with Gasteiger partial charge in [-0.05, 0) is 38.8 Å². The first-order chi connectivity index (χ1) is 10.9. The summed E-state index contributed by atoms with van der Waals surface area (Å²) in [6, 6.07) is 7.89. The van der Waals surface area contributed by atoms with Crippen LogP contribution in [0.25, 0.3) is 11.3 Å². The fourth-order valence-electron chi connectivity index (χ4n) is 2.48. The first-order valence-corrected chi connectivity index (χ1v) is 7.53. The van der Waals surface area contributed by atoms with Gasteiger partial charge >= 0.3 is 0 Å². The maximum absolute atomic E-state index is 13.8. The Morgan fingerprint density at radius 2 is 2.13 bits per heavy atom. The summed E-state index contributed by atoms with van der Waals surface area (Å²) in [5.41, 5.74) is -0.621. The van der Waals surface area contributed by atoms with Crippen molar-refractivity contribution in [1.82, 2.24) is 10.5 Å². The van der Waals surface area contributed by atoms with Gasteiger partial charge < -0.3 is 14.9 Å². The van der Waals surface area contributed by atoms with E-state index in [1.54, 1.807) is 38.1 Å². The fourth-order valence-corrected chi connectivity index (χ4v) is 2.48. The molecule has 1 heterocycles. The standard InChI is InChI=1S/C17H19FN2O3/c1-16(2,10-21)19-15(22)17(7-8-17)14-9-13(23-20-14)11-5-3-4-6-12(11)18/h3-6,9,21H,7-8,10H2,1-2H3,(H,19,22). The number of aromatic nitrogens is 1. The average Bonchev–Trinajstić information content (AvgIpc) is 3.19. The number of carbonyl (C=O) groups is 1. The van der Waals surface area contributed by atoms with E-state index in [4.69, 9.17) is 4.52 Å². The number of hydrogen-bond donors (Lipinski definition) is 2. The lowest BCUT2D eigenvalue weighted by Gasteiger charge is -2.26. The Hall–Kier alpha value is -2.21. The van der Waals surface area contributed by atoms with E-state index in [2.05, 4.69) is 10.5 Å². The van der Waals surface area contributed by atoms with Gasteiger partial charge in [-0.25, -0.2) is 4.39 Å². The molecule has 0 atom stereocenters. The van der Waals surface area contributed by atoms with Crippen molar-refractivity contribution < 1.29 is 18.8 Å².